The van der Waals surface area contributed by atoms with E-state index in [2.05, 4.69) is 15.0 Å². The molecule has 5 saturated carbocycles. The number of anilines is 2. The molecule has 47 heavy (non-hydrogen) atoms. The zero-order chi connectivity index (χ0) is 32.3. The highest BCUT2D eigenvalue weighted by Crippen LogP contribution is 2.66. The van der Waals surface area contributed by atoms with Gasteiger partial charge >= 0.3 is 0 Å². The molecule has 244 valence electrons. The molecule has 2 aromatic heterocycles. The normalized spacial score (nSPS) is 25.3. The van der Waals surface area contributed by atoms with Crippen LogP contribution in [0, 0.1) is 23.0 Å². The Bertz CT molecular complexity index is 2170. The van der Waals surface area contributed by atoms with E-state index in [4.69, 9.17) is 9.97 Å². The van der Waals surface area contributed by atoms with Gasteiger partial charge in [0.15, 0.2) is 15.7 Å². The Labute approximate surface area is 275 Å². The Morgan fingerprint density at radius 3 is 2.36 bits per heavy atom. The van der Waals surface area contributed by atoms with Crippen LogP contribution in [0.1, 0.15) is 61.4 Å². The van der Waals surface area contributed by atoms with E-state index in [9.17, 15) is 21.2 Å². The van der Waals surface area contributed by atoms with Gasteiger partial charge in [0.2, 0.25) is 5.95 Å². The Hall–Kier alpha value is -3.49. The standard InChI is InChI=1S/C33H31F2N5O4S3/c34-23-5-1-3-21(19-7-8-19)29(23)47(43,44)40-24-6-2-4-22(26(24)35)27-28(45-30(39-27)33-11-18(12-33)13-33)25-9-10-36-31(38-25)37-20-14-32(15-20)16-46(41,42)17-32/h1-6,9-10,18-20,40H,7-8,11-17H2,(H,36,37,38). The van der Waals surface area contributed by atoms with Crippen molar-refractivity contribution in [1.82, 2.24) is 15.0 Å². The summed E-state index contributed by atoms with van der Waals surface area (Å²) >= 11 is 1.48. The molecule has 2 N–H and O–H groups in total. The van der Waals surface area contributed by atoms with Crippen LogP contribution in [0.4, 0.5) is 20.4 Å². The fourth-order valence-corrected chi connectivity index (χ4v) is 13.0. The first kappa shape index (κ1) is 29.6. The fraction of sp³-hybridized carbons (Fsp3) is 0.424. The second-order valence-corrected chi connectivity index (χ2v) is 18.9. The number of sulfonamides is 1. The van der Waals surface area contributed by atoms with Crippen molar-refractivity contribution in [2.24, 2.45) is 11.3 Å². The van der Waals surface area contributed by atoms with Gasteiger partial charge < -0.3 is 5.32 Å². The third-order valence-electron chi connectivity index (χ3n) is 10.5. The highest BCUT2D eigenvalue weighted by molar-refractivity contribution is 7.93. The summed E-state index contributed by atoms with van der Waals surface area (Å²) in [5.74, 6) is -0.146. The molecule has 3 heterocycles. The van der Waals surface area contributed by atoms with E-state index in [1.165, 1.54) is 23.5 Å². The van der Waals surface area contributed by atoms with Crippen LogP contribution < -0.4 is 10.0 Å². The van der Waals surface area contributed by atoms with Gasteiger partial charge in [0, 0.05) is 28.6 Å². The van der Waals surface area contributed by atoms with Gasteiger partial charge in [-0.25, -0.2) is 40.6 Å². The maximum atomic E-state index is 16.4. The van der Waals surface area contributed by atoms with Crippen molar-refractivity contribution in [3.63, 3.8) is 0 Å². The summed E-state index contributed by atoms with van der Waals surface area (Å²) < 4.78 is 84.2. The summed E-state index contributed by atoms with van der Waals surface area (Å²) in [7, 11) is -7.35. The average molecular weight is 696 g/mol. The van der Waals surface area contributed by atoms with Gasteiger partial charge in [0.1, 0.15) is 15.7 Å². The third-order valence-corrected chi connectivity index (χ3v) is 15.4. The molecule has 0 unspecified atom stereocenters. The van der Waals surface area contributed by atoms with E-state index in [1.54, 1.807) is 30.5 Å². The summed E-state index contributed by atoms with van der Waals surface area (Å²) in [6, 6.07) is 10.5. The second-order valence-electron chi connectivity index (χ2n) is 14.2. The predicted octanol–water partition coefficient (Wildman–Crippen LogP) is 6.26. The van der Waals surface area contributed by atoms with Gasteiger partial charge in [-0.1, -0.05) is 18.2 Å². The minimum Gasteiger partial charge on any atom is -0.351 e. The molecule has 6 aliphatic rings. The summed E-state index contributed by atoms with van der Waals surface area (Å²) in [5.41, 5.74) is 1.00. The van der Waals surface area contributed by atoms with Gasteiger partial charge in [0.25, 0.3) is 10.0 Å². The molecular weight excluding hydrogens is 665 g/mol. The Morgan fingerprint density at radius 1 is 0.936 bits per heavy atom. The first-order valence-corrected chi connectivity index (χ1v) is 20.0. The van der Waals surface area contributed by atoms with E-state index < -0.39 is 36.4 Å². The molecule has 10 rings (SSSR count). The van der Waals surface area contributed by atoms with E-state index in [0.717, 1.165) is 56.0 Å². The Morgan fingerprint density at radius 2 is 1.68 bits per heavy atom. The van der Waals surface area contributed by atoms with Crippen molar-refractivity contribution < 1.29 is 25.6 Å². The number of benzene rings is 2. The lowest BCUT2D eigenvalue weighted by Crippen LogP contribution is -2.60. The first-order chi connectivity index (χ1) is 22.4. The molecule has 4 aromatic rings. The second kappa shape index (κ2) is 10.0. The van der Waals surface area contributed by atoms with Crippen molar-refractivity contribution in [3.8, 4) is 21.8 Å². The average Bonchev–Trinajstić information content (AvgIpc) is 3.70. The molecule has 2 bridgehead atoms. The van der Waals surface area contributed by atoms with Gasteiger partial charge in [-0.3, -0.25) is 4.72 Å². The van der Waals surface area contributed by atoms with Crippen LogP contribution >= 0.6 is 11.3 Å². The molecule has 1 saturated heterocycles. The van der Waals surface area contributed by atoms with Crippen molar-refractivity contribution >= 4 is 42.8 Å². The van der Waals surface area contributed by atoms with Crippen molar-refractivity contribution in [3.05, 3.63) is 70.9 Å². The summed E-state index contributed by atoms with van der Waals surface area (Å²) in [6.07, 6.45) is 7.79. The summed E-state index contributed by atoms with van der Waals surface area (Å²) in [5, 5.41) is 4.25. The number of sulfone groups is 1. The zero-order valence-electron chi connectivity index (χ0n) is 25.2. The minimum atomic E-state index is -4.44. The smallest absolute Gasteiger partial charge is 0.265 e. The quantitative estimate of drug-likeness (QED) is 0.210. The fourth-order valence-electron chi connectivity index (χ4n) is 8.11. The van der Waals surface area contributed by atoms with Crippen molar-refractivity contribution in [1.29, 1.82) is 0 Å². The predicted molar refractivity (Wildman–Crippen MR) is 174 cm³/mol. The topological polar surface area (TPSA) is 131 Å². The van der Waals surface area contributed by atoms with E-state index >= 15 is 4.39 Å². The van der Waals surface area contributed by atoms with E-state index in [1.807, 2.05) is 0 Å². The number of thiazole rings is 1. The van der Waals surface area contributed by atoms with Crippen LogP contribution in [-0.4, -0.2) is 49.3 Å². The van der Waals surface area contributed by atoms with E-state index in [0.29, 0.717) is 33.7 Å². The Kier molecular flexibility index (Phi) is 6.32. The molecular formula is C33H31F2N5O4S3. The molecule has 5 aliphatic carbocycles. The number of aromatic nitrogens is 3. The van der Waals surface area contributed by atoms with Crippen molar-refractivity contribution in [2.75, 3.05) is 21.5 Å². The number of nitrogens with one attached hydrogen (secondary N) is 2. The van der Waals surface area contributed by atoms with Gasteiger partial charge in [-0.15, -0.1) is 11.3 Å². The molecule has 14 heteroatoms. The number of rotatable bonds is 9. The molecule has 0 atom stereocenters. The SMILES string of the molecule is O=S1(=O)CC2(CC(Nc3nccc(-c4sc(C56CC(C5)C6)nc4-c4cccc(NS(=O)(=O)c5c(F)cccc5C5CC5)c4F)n3)C2)C1. The monoisotopic (exact) mass is 695 g/mol. The maximum Gasteiger partial charge on any atom is 0.265 e. The van der Waals surface area contributed by atoms with Crippen LogP contribution in [0.2, 0.25) is 0 Å². The number of hydrogen-bond acceptors (Lipinski definition) is 9. The third kappa shape index (κ3) is 4.88. The molecule has 9 nitrogen and oxygen atoms in total. The first-order valence-electron chi connectivity index (χ1n) is 15.8. The highest BCUT2D eigenvalue weighted by atomic mass is 32.2. The van der Waals surface area contributed by atoms with Gasteiger partial charge in [-0.2, -0.15) is 0 Å². The molecule has 0 radical (unpaired) electrons. The van der Waals surface area contributed by atoms with Crippen LogP contribution in [0.25, 0.3) is 21.8 Å². The van der Waals surface area contributed by atoms with Crippen LogP contribution in [0.5, 0.6) is 0 Å². The zero-order valence-corrected chi connectivity index (χ0v) is 27.6. The van der Waals surface area contributed by atoms with E-state index in [-0.39, 0.29) is 45.5 Å². The molecule has 6 fully saturated rings. The van der Waals surface area contributed by atoms with Crippen LogP contribution in [0.3, 0.4) is 0 Å². The molecule has 2 aromatic carbocycles. The van der Waals surface area contributed by atoms with Gasteiger partial charge in [-0.05, 0) is 86.6 Å². The summed E-state index contributed by atoms with van der Waals surface area (Å²) in [6.45, 7) is 0. The lowest BCUT2D eigenvalue weighted by Gasteiger charge is -2.60. The number of halogens is 2. The Balaban J connectivity index is 1.05. The minimum absolute atomic E-state index is 0.0144. The summed E-state index contributed by atoms with van der Waals surface area (Å²) in [4.78, 5) is 14.3. The van der Waals surface area contributed by atoms with Crippen LogP contribution in [0.15, 0.2) is 53.6 Å². The van der Waals surface area contributed by atoms with Crippen molar-refractivity contribution in [2.45, 2.75) is 67.2 Å². The van der Waals surface area contributed by atoms with Crippen LogP contribution in [-0.2, 0) is 25.3 Å². The number of nitrogens with zero attached hydrogens (tertiary/aromatic N) is 3. The number of hydrogen-bond donors (Lipinski definition) is 2. The molecule has 1 spiro atoms. The lowest BCUT2D eigenvalue weighted by molar-refractivity contribution is -0.0274. The van der Waals surface area contributed by atoms with Gasteiger partial charge in [0.05, 0.1) is 33.5 Å². The maximum absolute atomic E-state index is 16.4. The molecule has 1 aliphatic heterocycles. The highest BCUT2D eigenvalue weighted by Gasteiger charge is 2.59. The largest absolute Gasteiger partial charge is 0.351 e. The molecule has 0 amide bonds. The lowest BCUT2D eigenvalue weighted by atomic mass is 9.45.